The minimum Gasteiger partial charge on any atom is -0.495 e. The molecule has 6 nitrogen and oxygen atoms in total. The van der Waals surface area contributed by atoms with Crippen LogP contribution in [-0.2, 0) is 6.54 Å². The van der Waals surface area contributed by atoms with Gasteiger partial charge in [-0.1, -0.05) is 30.3 Å². The van der Waals surface area contributed by atoms with Crippen LogP contribution in [0.1, 0.15) is 41.6 Å². The number of benzene rings is 2. The van der Waals surface area contributed by atoms with Crippen LogP contribution in [0.2, 0.25) is 0 Å². The maximum atomic E-state index is 12.6. The van der Waals surface area contributed by atoms with E-state index in [1.54, 1.807) is 25.3 Å². The van der Waals surface area contributed by atoms with E-state index in [1.807, 2.05) is 0 Å². The number of nitrogens with one attached hydrogen (secondary N) is 1. The molecule has 0 bridgehead atoms. The van der Waals surface area contributed by atoms with Crippen molar-refractivity contribution < 1.29 is 9.53 Å². The summed E-state index contributed by atoms with van der Waals surface area (Å²) < 4.78 is 5.23. The largest absolute Gasteiger partial charge is 0.495 e. The molecule has 0 atom stereocenters. The normalized spacial score (nSPS) is 19.3. The zero-order chi connectivity index (χ0) is 21.6. The van der Waals surface area contributed by atoms with Crippen molar-refractivity contribution in [1.29, 1.82) is 0 Å². The van der Waals surface area contributed by atoms with E-state index in [0.717, 1.165) is 45.6 Å². The van der Waals surface area contributed by atoms with E-state index >= 15 is 0 Å². The summed E-state index contributed by atoms with van der Waals surface area (Å²) in [5.74, 6) is 0.493. The Hall–Kier alpha value is -2.57. The van der Waals surface area contributed by atoms with E-state index in [0.29, 0.717) is 23.0 Å². The first-order valence-corrected chi connectivity index (χ1v) is 11.4. The molecule has 0 radical (unpaired) electrons. The van der Waals surface area contributed by atoms with Crippen LogP contribution in [0.3, 0.4) is 0 Å². The first kappa shape index (κ1) is 21.7. The number of piperidine rings is 2. The Labute approximate surface area is 185 Å². The summed E-state index contributed by atoms with van der Waals surface area (Å²) >= 11 is 0. The predicted molar refractivity (Wildman–Crippen MR) is 124 cm³/mol. The molecule has 2 saturated heterocycles. The average molecular weight is 423 g/mol. The fourth-order valence-electron chi connectivity index (χ4n) is 4.81. The number of nitrogens with two attached hydrogens (primary N) is 1. The van der Waals surface area contributed by atoms with E-state index in [2.05, 4.69) is 45.4 Å². The van der Waals surface area contributed by atoms with Gasteiger partial charge in [-0.25, -0.2) is 0 Å². The van der Waals surface area contributed by atoms with Gasteiger partial charge in [0.15, 0.2) is 0 Å². The SMILES string of the molecule is COc1cc(C(=O)NC2CCN(C3CCN(Cc4ccccc4)CC3)CC2)ccc1N. The number of anilines is 1. The molecule has 0 aliphatic carbocycles. The van der Waals surface area contributed by atoms with Crippen molar-refractivity contribution >= 4 is 11.6 Å². The fourth-order valence-corrected chi connectivity index (χ4v) is 4.81. The Balaban J connectivity index is 1.21. The Bertz CT molecular complexity index is 857. The lowest BCUT2D eigenvalue weighted by molar-refractivity contribution is 0.0749. The van der Waals surface area contributed by atoms with Crippen LogP contribution in [-0.4, -0.2) is 61.1 Å². The Morgan fingerprint density at radius 2 is 1.74 bits per heavy atom. The third-order valence-electron chi connectivity index (χ3n) is 6.68. The van der Waals surface area contributed by atoms with Crippen LogP contribution >= 0.6 is 0 Å². The monoisotopic (exact) mass is 422 g/mol. The van der Waals surface area contributed by atoms with Gasteiger partial charge in [0.1, 0.15) is 5.75 Å². The summed E-state index contributed by atoms with van der Waals surface area (Å²) in [6.07, 6.45) is 4.47. The summed E-state index contributed by atoms with van der Waals surface area (Å²) in [6.45, 7) is 5.49. The molecule has 0 saturated carbocycles. The zero-order valence-corrected chi connectivity index (χ0v) is 18.4. The number of likely N-dealkylation sites (tertiary alicyclic amines) is 2. The van der Waals surface area contributed by atoms with E-state index in [9.17, 15) is 4.79 Å². The van der Waals surface area contributed by atoms with Crippen molar-refractivity contribution in [1.82, 2.24) is 15.1 Å². The van der Waals surface area contributed by atoms with Crippen molar-refractivity contribution in [3.8, 4) is 5.75 Å². The van der Waals surface area contributed by atoms with Gasteiger partial charge in [0.2, 0.25) is 0 Å². The maximum absolute atomic E-state index is 12.6. The molecule has 1 amide bonds. The van der Waals surface area contributed by atoms with Gasteiger partial charge in [-0.15, -0.1) is 0 Å². The highest BCUT2D eigenvalue weighted by Crippen LogP contribution is 2.24. The molecule has 2 aromatic carbocycles. The standard InChI is InChI=1S/C25H34N4O2/c1-31-24-17-20(7-8-23(24)26)25(30)27-21-9-15-29(16-10-21)22-11-13-28(14-12-22)18-19-5-3-2-4-6-19/h2-8,17,21-22H,9-16,18,26H2,1H3,(H,27,30). The van der Waals surface area contributed by atoms with Crippen molar-refractivity contribution in [2.45, 2.75) is 44.3 Å². The van der Waals surface area contributed by atoms with E-state index < -0.39 is 0 Å². The van der Waals surface area contributed by atoms with Crippen LogP contribution in [0.25, 0.3) is 0 Å². The van der Waals surface area contributed by atoms with Gasteiger partial charge in [0.05, 0.1) is 12.8 Å². The van der Waals surface area contributed by atoms with Gasteiger partial charge in [-0.05, 0) is 62.5 Å². The van der Waals surface area contributed by atoms with Gasteiger partial charge in [-0.2, -0.15) is 0 Å². The van der Waals surface area contributed by atoms with Crippen LogP contribution in [0.4, 0.5) is 5.69 Å². The lowest BCUT2D eigenvalue weighted by Crippen LogP contribution is -2.51. The first-order chi connectivity index (χ1) is 15.1. The number of nitrogens with zero attached hydrogens (tertiary/aromatic N) is 2. The molecule has 2 aromatic rings. The van der Waals surface area contributed by atoms with Gasteiger partial charge >= 0.3 is 0 Å². The average Bonchev–Trinajstić information content (AvgIpc) is 2.81. The van der Waals surface area contributed by atoms with Crippen molar-refractivity contribution in [2.75, 3.05) is 39.0 Å². The fraction of sp³-hybridized carbons (Fsp3) is 0.480. The van der Waals surface area contributed by atoms with Gasteiger partial charge in [0.25, 0.3) is 5.91 Å². The number of rotatable bonds is 6. The van der Waals surface area contributed by atoms with Crippen LogP contribution in [0.5, 0.6) is 5.75 Å². The molecule has 0 aromatic heterocycles. The van der Waals surface area contributed by atoms with E-state index in [1.165, 1.54) is 18.4 Å². The number of carbonyl (C=O) groups is 1. The molecule has 0 unspecified atom stereocenters. The van der Waals surface area contributed by atoms with Crippen molar-refractivity contribution in [3.63, 3.8) is 0 Å². The zero-order valence-electron chi connectivity index (χ0n) is 18.4. The highest BCUT2D eigenvalue weighted by molar-refractivity contribution is 5.95. The predicted octanol–water partition coefficient (Wildman–Crippen LogP) is 3.14. The molecule has 3 N–H and O–H groups in total. The molecular formula is C25H34N4O2. The highest BCUT2D eigenvalue weighted by Gasteiger charge is 2.29. The Kier molecular flexibility index (Phi) is 7.10. The third kappa shape index (κ3) is 5.57. The number of nitrogen functional groups attached to an aromatic ring is 1. The number of methoxy groups -OCH3 is 1. The van der Waals surface area contributed by atoms with E-state index in [-0.39, 0.29) is 11.9 Å². The number of amides is 1. The minimum atomic E-state index is -0.0500. The molecule has 6 heteroatoms. The van der Waals surface area contributed by atoms with Crippen molar-refractivity contribution in [2.24, 2.45) is 0 Å². The second kappa shape index (κ2) is 10.2. The van der Waals surface area contributed by atoms with E-state index in [4.69, 9.17) is 10.5 Å². The topological polar surface area (TPSA) is 70.8 Å². The summed E-state index contributed by atoms with van der Waals surface area (Å²) in [4.78, 5) is 17.8. The molecule has 2 heterocycles. The van der Waals surface area contributed by atoms with Gasteiger partial charge in [0, 0.05) is 37.3 Å². The lowest BCUT2D eigenvalue weighted by Gasteiger charge is -2.42. The molecule has 2 aliphatic rings. The maximum Gasteiger partial charge on any atom is 0.251 e. The number of hydrogen-bond acceptors (Lipinski definition) is 5. The molecule has 2 aliphatic heterocycles. The van der Waals surface area contributed by atoms with Crippen molar-refractivity contribution in [3.05, 3.63) is 59.7 Å². The quantitative estimate of drug-likeness (QED) is 0.700. The lowest BCUT2D eigenvalue weighted by atomic mass is 9.97. The second-order valence-corrected chi connectivity index (χ2v) is 8.73. The number of carbonyl (C=O) groups excluding carboxylic acids is 1. The van der Waals surface area contributed by atoms with Crippen LogP contribution < -0.4 is 15.8 Å². The summed E-state index contributed by atoms with van der Waals surface area (Å²) in [7, 11) is 1.56. The van der Waals surface area contributed by atoms with Crippen LogP contribution in [0.15, 0.2) is 48.5 Å². The Morgan fingerprint density at radius 1 is 1.03 bits per heavy atom. The number of hydrogen-bond donors (Lipinski definition) is 2. The summed E-state index contributed by atoms with van der Waals surface area (Å²) in [5, 5.41) is 3.19. The molecule has 0 spiro atoms. The summed E-state index contributed by atoms with van der Waals surface area (Å²) in [6, 6.07) is 16.8. The molecule has 4 rings (SSSR count). The van der Waals surface area contributed by atoms with Gasteiger partial charge in [-0.3, -0.25) is 9.69 Å². The molecule has 31 heavy (non-hydrogen) atoms. The minimum absolute atomic E-state index is 0.0500. The van der Waals surface area contributed by atoms with Gasteiger partial charge < -0.3 is 20.7 Å². The highest BCUT2D eigenvalue weighted by atomic mass is 16.5. The number of ether oxygens (including phenoxy) is 1. The second-order valence-electron chi connectivity index (χ2n) is 8.73. The first-order valence-electron chi connectivity index (χ1n) is 11.4. The third-order valence-corrected chi connectivity index (χ3v) is 6.68. The molecule has 166 valence electrons. The summed E-state index contributed by atoms with van der Waals surface area (Å²) in [5.41, 5.74) is 8.39. The molecular weight excluding hydrogens is 388 g/mol. The Morgan fingerprint density at radius 3 is 2.42 bits per heavy atom. The smallest absolute Gasteiger partial charge is 0.251 e. The van der Waals surface area contributed by atoms with Crippen LogP contribution in [0, 0.1) is 0 Å². The molecule has 2 fully saturated rings.